The second-order valence-electron chi connectivity index (χ2n) is 3.07. The second-order valence-corrected chi connectivity index (χ2v) is 4.31. The van der Waals surface area contributed by atoms with Crippen molar-refractivity contribution >= 4 is 33.5 Å². The molecule has 0 atom stereocenters. The normalized spacial score (nSPS) is 10.3. The van der Waals surface area contributed by atoms with Gasteiger partial charge < -0.3 is 10.5 Å². The van der Waals surface area contributed by atoms with Crippen molar-refractivity contribution < 1.29 is 9.13 Å². The van der Waals surface area contributed by atoms with Gasteiger partial charge in [0.2, 0.25) is 11.8 Å². The van der Waals surface area contributed by atoms with Gasteiger partial charge in [-0.3, -0.25) is 0 Å². The largest absolute Gasteiger partial charge is 0.439 e. The second kappa shape index (κ2) is 4.85. The summed E-state index contributed by atoms with van der Waals surface area (Å²) < 4.78 is 18.7. The van der Waals surface area contributed by atoms with Crippen LogP contribution in [0.1, 0.15) is 0 Å². The number of rotatable bonds is 2. The molecule has 7 heteroatoms. The lowest BCUT2D eigenvalue weighted by Gasteiger charge is -2.06. The van der Waals surface area contributed by atoms with Crippen LogP contribution < -0.4 is 10.5 Å². The van der Waals surface area contributed by atoms with E-state index < -0.39 is 0 Å². The first-order valence-corrected chi connectivity index (χ1v) is 5.64. The van der Waals surface area contributed by atoms with Crippen LogP contribution in [0.25, 0.3) is 0 Å². The summed E-state index contributed by atoms with van der Waals surface area (Å²) in [4.78, 5) is 7.52. The standard InChI is InChI=1S/C10H6BrClFN3O/c11-6-3-5(1-2-7(6)13)17-9-4-8(12)15-10(14)16-9/h1-4H,(H2,14,15,16). The molecule has 0 bridgehead atoms. The van der Waals surface area contributed by atoms with Gasteiger partial charge in [-0.05, 0) is 34.1 Å². The highest BCUT2D eigenvalue weighted by atomic mass is 79.9. The maximum Gasteiger partial charge on any atom is 0.225 e. The van der Waals surface area contributed by atoms with E-state index in [4.69, 9.17) is 22.1 Å². The fourth-order valence-corrected chi connectivity index (χ4v) is 1.66. The molecular weight excluding hydrogens is 312 g/mol. The fraction of sp³-hybridized carbons (Fsp3) is 0. The van der Waals surface area contributed by atoms with Gasteiger partial charge in [0.1, 0.15) is 16.7 Å². The molecule has 2 aromatic rings. The molecule has 0 fully saturated rings. The Balaban J connectivity index is 2.28. The summed E-state index contributed by atoms with van der Waals surface area (Å²) in [5.74, 6) is 0.236. The van der Waals surface area contributed by atoms with Crippen LogP contribution in [-0.2, 0) is 0 Å². The topological polar surface area (TPSA) is 61.0 Å². The lowest BCUT2D eigenvalue weighted by molar-refractivity contribution is 0.460. The number of hydrogen-bond acceptors (Lipinski definition) is 4. The summed E-state index contributed by atoms with van der Waals surface area (Å²) in [6.07, 6.45) is 0. The molecule has 0 unspecified atom stereocenters. The minimum absolute atomic E-state index is 0.00803. The Bertz CT molecular complexity index is 547. The molecule has 1 heterocycles. The highest BCUT2D eigenvalue weighted by Gasteiger charge is 2.05. The molecule has 88 valence electrons. The van der Waals surface area contributed by atoms with E-state index in [-0.39, 0.29) is 22.8 Å². The van der Waals surface area contributed by atoms with E-state index in [2.05, 4.69) is 25.9 Å². The Morgan fingerprint density at radius 1 is 1.29 bits per heavy atom. The van der Waals surface area contributed by atoms with Crippen LogP contribution in [-0.4, -0.2) is 9.97 Å². The van der Waals surface area contributed by atoms with Gasteiger partial charge in [0.05, 0.1) is 4.47 Å². The molecule has 0 aliphatic carbocycles. The third-order valence-corrected chi connectivity index (χ3v) is 2.60. The number of nitrogen functional groups attached to an aromatic ring is 1. The van der Waals surface area contributed by atoms with E-state index in [1.54, 1.807) is 0 Å². The predicted molar refractivity (Wildman–Crippen MR) is 65.6 cm³/mol. The minimum atomic E-state index is -0.377. The van der Waals surface area contributed by atoms with Crippen molar-refractivity contribution in [1.82, 2.24) is 9.97 Å². The Morgan fingerprint density at radius 2 is 2.06 bits per heavy atom. The molecule has 0 saturated carbocycles. The maximum absolute atomic E-state index is 13.0. The number of aromatic nitrogens is 2. The highest BCUT2D eigenvalue weighted by molar-refractivity contribution is 9.10. The third-order valence-electron chi connectivity index (χ3n) is 1.80. The number of ether oxygens (including phenoxy) is 1. The summed E-state index contributed by atoms with van der Waals surface area (Å²) in [5, 5.41) is 0.175. The summed E-state index contributed by atoms with van der Waals surface area (Å²) in [6, 6.07) is 5.62. The zero-order valence-electron chi connectivity index (χ0n) is 8.32. The van der Waals surface area contributed by atoms with Crippen LogP contribution in [0.5, 0.6) is 11.6 Å². The van der Waals surface area contributed by atoms with Gasteiger partial charge in [0.15, 0.2) is 0 Å². The molecule has 1 aromatic carbocycles. The zero-order chi connectivity index (χ0) is 12.4. The third kappa shape index (κ3) is 3.04. The lowest BCUT2D eigenvalue weighted by atomic mass is 10.3. The van der Waals surface area contributed by atoms with E-state index in [0.29, 0.717) is 10.2 Å². The Hall–Kier alpha value is -1.40. The van der Waals surface area contributed by atoms with Crippen molar-refractivity contribution in [2.24, 2.45) is 0 Å². The number of anilines is 1. The fourth-order valence-electron chi connectivity index (χ4n) is 1.13. The lowest BCUT2D eigenvalue weighted by Crippen LogP contribution is -1.97. The molecule has 2 N–H and O–H groups in total. The van der Waals surface area contributed by atoms with Crippen molar-refractivity contribution in [3.63, 3.8) is 0 Å². The Kier molecular flexibility index (Phi) is 3.44. The van der Waals surface area contributed by atoms with Crippen LogP contribution in [0.15, 0.2) is 28.7 Å². The number of nitrogens with two attached hydrogens (primary N) is 1. The van der Waals surface area contributed by atoms with Gasteiger partial charge in [-0.2, -0.15) is 4.98 Å². The summed E-state index contributed by atoms with van der Waals surface area (Å²) >= 11 is 8.74. The zero-order valence-corrected chi connectivity index (χ0v) is 10.7. The number of nitrogens with zero attached hydrogens (tertiary/aromatic N) is 2. The highest BCUT2D eigenvalue weighted by Crippen LogP contribution is 2.26. The molecule has 0 saturated heterocycles. The van der Waals surface area contributed by atoms with Crippen LogP contribution in [0, 0.1) is 5.82 Å². The first kappa shape index (κ1) is 12.1. The van der Waals surface area contributed by atoms with E-state index in [0.717, 1.165) is 0 Å². The number of hydrogen-bond donors (Lipinski definition) is 1. The molecule has 0 amide bonds. The molecule has 0 radical (unpaired) electrons. The van der Waals surface area contributed by atoms with Crippen LogP contribution >= 0.6 is 27.5 Å². The van der Waals surface area contributed by atoms with Gasteiger partial charge in [0.25, 0.3) is 0 Å². The molecule has 0 spiro atoms. The van der Waals surface area contributed by atoms with Crippen molar-refractivity contribution in [3.05, 3.63) is 39.7 Å². The molecule has 1 aromatic heterocycles. The summed E-state index contributed by atoms with van der Waals surface area (Å²) in [7, 11) is 0. The van der Waals surface area contributed by atoms with Crippen molar-refractivity contribution in [3.8, 4) is 11.6 Å². The van der Waals surface area contributed by atoms with Crippen LogP contribution in [0.3, 0.4) is 0 Å². The van der Waals surface area contributed by atoms with Gasteiger partial charge in [-0.25, -0.2) is 9.37 Å². The van der Waals surface area contributed by atoms with Gasteiger partial charge in [0, 0.05) is 6.07 Å². The van der Waals surface area contributed by atoms with E-state index in [1.807, 2.05) is 0 Å². The van der Waals surface area contributed by atoms with E-state index in [9.17, 15) is 4.39 Å². The monoisotopic (exact) mass is 317 g/mol. The van der Waals surface area contributed by atoms with Crippen LogP contribution in [0.2, 0.25) is 5.15 Å². The summed E-state index contributed by atoms with van der Waals surface area (Å²) in [6.45, 7) is 0. The van der Waals surface area contributed by atoms with Crippen LogP contribution in [0.4, 0.5) is 10.3 Å². The van der Waals surface area contributed by atoms with Gasteiger partial charge in [-0.1, -0.05) is 11.6 Å². The summed E-state index contributed by atoms with van der Waals surface area (Å²) in [5.41, 5.74) is 5.41. The number of benzene rings is 1. The molecular formula is C10H6BrClFN3O. The average Bonchev–Trinajstić information content (AvgIpc) is 2.22. The minimum Gasteiger partial charge on any atom is -0.439 e. The first-order chi connectivity index (χ1) is 8.04. The van der Waals surface area contributed by atoms with E-state index in [1.165, 1.54) is 24.3 Å². The predicted octanol–water partition coefficient (Wildman–Crippen LogP) is 3.41. The smallest absolute Gasteiger partial charge is 0.225 e. The van der Waals surface area contributed by atoms with Gasteiger partial charge >= 0.3 is 0 Å². The first-order valence-electron chi connectivity index (χ1n) is 4.47. The maximum atomic E-state index is 13.0. The van der Waals surface area contributed by atoms with Crippen molar-refractivity contribution in [2.75, 3.05) is 5.73 Å². The van der Waals surface area contributed by atoms with Gasteiger partial charge in [-0.15, -0.1) is 0 Å². The molecule has 0 aliphatic rings. The van der Waals surface area contributed by atoms with Crippen molar-refractivity contribution in [2.45, 2.75) is 0 Å². The average molecular weight is 319 g/mol. The van der Waals surface area contributed by atoms with Crippen molar-refractivity contribution in [1.29, 1.82) is 0 Å². The Labute approximate surface area is 110 Å². The SMILES string of the molecule is Nc1nc(Cl)cc(Oc2ccc(F)c(Br)c2)n1. The quantitative estimate of drug-likeness (QED) is 0.862. The Morgan fingerprint density at radius 3 is 2.71 bits per heavy atom. The molecule has 17 heavy (non-hydrogen) atoms. The molecule has 2 rings (SSSR count). The number of halogens is 3. The molecule has 4 nitrogen and oxygen atoms in total. The van der Waals surface area contributed by atoms with E-state index >= 15 is 0 Å². The molecule has 0 aliphatic heterocycles.